The van der Waals surface area contributed by atoms with Crippen molar-refractivity contribution in [2.24, 2.45) is 5.92 Å². The number of rotatable bonds is 9. The number of hydrogen-bond donors (Lipinski definition) is 1. The Hall–Kier alpha value is -0.770. The summed E-state index contributed by atoms with van der Waals surface area (Å²) in [6.45, 7) is 11.6. The lowest BCUT2D eigenvalue weighted by atomic mass is 10.1. The average Bonchev–Trinajstić information content (AvgIpc) is 2.41. The van der Waals surface area contributed by atoms with Gasteiger partial charge >= 0.3 is 0 Å². The van der Waals surface area contributed by atoms with Crippen molar-refractivity contribution in [3.8, 4) is 0 Å². The molecule has 21 heavy (non-hydrogen) atoms. The van der Waals surface area contributed by atoms with Crippen LogP contribution in [0.4, 0.5) is 5.69 Å². The Morgan fingerprint density at radius 3 is 2.48 bits per heavy atom. The van der Waals surface area contributed by atoms with Gasteiger partial charge in [0.1, 0.15) is 0 Å². The van der Waals surface area contributed by atoms with Crippen molar-refractivity contribution in [3.05, 3.63) is 28.8 Å². The molecule has 1 aromatic rings. The third kappa shape index (κ3) is 6.68. The van der Waals surface area contributed by atoms with Crippen LogP contribution in [0.2, 0.25) is 5.02 Å². The van der Waals surface area contributed by atoms with Gasteiger partial charge in [-0.3, -0.25) is 0 Å². The lowest BCUT2D eigenvalue weighted by molar-refractivity contribution is 0.409. The molecular formula is C17H30ClN3. The lowest BCUT2D eigenvalue weighted by Gasteiger charge is -2.30. The first-order chi connectivity index (χ1) is 9.93. The maximum Gasteiger partial charge on any atom is 0.0413 e. The van der Waals surface area contributed by atoms with Crippen molar-refractivity contribution in [1.29, 1.82) is 0 Å². The Morgan fingerprint density at radius 1 is 1.19 bits per heavy atom. The van der Waals surface area contributed by atoms with Gasteiger partial charge in [0.15, 0.2) is 0 Å². The highest BCUT2D eigenvalue weighted by atomic mass is 35.5. The summed E-state index contributed by atoms with van der Waals surface area (Å²) in [5.41, 5.74) is 2.58. The Kier molecular flexibility index (Phi) is 8.09. The molecule has 0 heterocycles. The Bertz CT molecular complexity index is 418. The van der Waals surface area contributed by atoms with Gasteiger partial charge in [-0.1, -0.05) is 32.4 Å². The van der Waals surface area contributed by atoms with Gasteiger partial charge in [0, 0.05) is 36.9 Å². The molecule has 0 saturated heterocycles. The first kappa shape index (κ1) is 18.3. The van der Waals surface area contributed by atoms with E-state index in [-0.39, 0.29) is 0 Å². The smallest absolute Gasteiger partial charge is 0.0413 e. The van der Waals surface area contributed by atoms with Gasteiger partial charge < -0.3 is 15.1 Å². The second kappa shape index (κ2) is 9.29. The van der Waals surface area contributed by atoms with Crippen LogP contribution in [0.15, 0.2) is 18.2 Å². The predicted molar refractivity (Wildman–Crippen MR) is 94.4 cm³/mol. The number of benzene rings is 1. The van der Waals surface area contributed by atoms with Crippen LogP contribution in [0.5, 0.6) is 0 Å². The summed E-state index contributed by atoms with van der Waals surface area (Å²) in [7, 11) is 4.24. The van der Waals surface area contributed by atoms with Gasteiger partial charge in [-0.25, -0.2) is 0 Å². The van der Waals surface area contributed by atoms with Crippen molar-refractivity contribution >= 4 is 17.3 Å². The van der Waals surface area contributed by atoms with Crippen molar-refractivity contribution < 1.29 is 0 Å². The van der Waals surface area contributed by atoms with E-state index in [9.17, 15) is 0 Å². The van der Waals surface area contributed by atoms with Gasteiger partial charge in [0.25, 0.3) is 0 Å². The summed E-state index contributed by atoms with van der Waals surface area (Å²) < 4.78 is 0. The molecule has 120 valence electrons. The topological polar surface area (TPSA) is 18.5 Å². The molecule has 1 aromatic carbocycles. The Labute approximate surface area is 135 Å². The second-order valence-corrected chi connectivity index (χ2v) is 6.63. The van der Waals surface area contributed by atoms with Gasteiger partial charge in [-0.15, -0.1) is 0 Å². The molecule has 0 unspecified atom stereocenters. The standard InChI is InChI=1S/C17H30ClN3/c1-6-19-12-15-11-16(18)7-8-17(15)21(13-14(2)3)10-9-20(4)5/h7-8,11,14,19H,6,9-10,12-13H2,1-5H3. The van der Waals surface area contributed by atoms with Gasteiger partial charge in [-0.05, 0) is 50.3 Å². The van der Waals surface area contributed by atoms with E-state index in [0.29, 0.717) is 5.92 Å². The third-order valence-electron chi connectivity index (χ3n) is 3.35. The van der Waals surface area contributed by atoms with Crippen LogP contribution in [0.1, 0.15) is 26.3 Å². The number of nitrogens with zero attached hydrogens (tertiary/aromatic N) is 2. The quantitative estimate of drug-likeness (QED) is 0.753. The number of nitrogens with one attached hydrogen (secondary N) is 1. The van der Waals surface area contributed by atoms with Gasteiger partial charge in [0.2, 0.25) is 0 Å². The molecule has 0 spiro atoms. The van der Waals surface area contributed by atoms with E-state index in [1.54, 1.807) is 0 Å². The molecule has 0 fully saturated rings. The molecule has 0 amide bonds. The summed E-state index contributed by atoms with van der Waals surface area (Å²) >= 11 is 6.18. The van der Waals surface area contributed by atoms with E-state index in [0.717, 1.165) is 37.7 Å². The third-order valence-corrected chi connectivity index (χ3v) is 3.59. The van der Waals surface area contributed by atoms with E-state index in [2.05, 4.69) is 62.1 Å². The zero-order chi connectivity index (χ0) is 15.8. The molecule has 4 heteroatoms. The summed E-state index contributed by atoms with van der Waals surface area (Å²) in [5, 5.41) is 4.22. The van der Waals surface area contributed by atoms with Crippen LogP contribution in [0.25, 0.3) is 0 Å². The van der Waals surface area contributed by atoms with E-state index in [4.69, 9.17) is 11.6 Å². The van der Waals surface area contributed by atoms with Crippen LogP contribution >= 0.6 is 11.6 Å². The molecule has 0 bridgehead atoms. The maximum absolute atomic E-state index is 6.18. The second-order valence-electron chi connectivity index (χ2n) is 6.20. The molecule has 0 saturated carbocycles. The minimum absolute atomic E-state index is 0.634. The Morgan fingerprint density at radius 2 is 1.90 bits per heavy atom. The molecule has 0 aliphatic heterocycles. The Balaban J connectivity index is 2.97. The maximum atomic E-state index is 6.18. The summed E-state index contributed by atoms with van der Waals surface area (Å²) in [6.07, 6.45) is 0. The number of halogens is 1. The van der Waals surface area contributed by atoms with E-state index >= 15 is 0 Å². The fraction of sp³-hybridized carbons (Fsp3) is 0.647. The van der Waals surface area contributed by atoms with Gasteiger partial charge in [-0.2, -0.15) is 0 Å². The minimum Gasteiger partial charge on any atom is -0.370 e. The highest BCUT2D eigenvalue weighted by Gasteiger charge is 2.13. The van der Waals surface area contributed by atoms with Crippen LogP contribution in [0.3, 0.4) is 0 Å². The molecule has 1 N–H and O–H groups in total. The molecule has 0 radical (unpaired) electrons. The molecule has 0 aliphatic carbocycles. The largest absolute Gasteiger partial charge is 0.370 e. The first-order valence-corrected chi connectivity index (χ1v) is 8.20. The van der Waals surface area contributed by atoms with Gasteiger partial charge in [0.05, 0.1) is 0 Å². The monoisotopic (exact) mass is 311 g/mol. The highest BCUT2D eigenvalue weighted by molar-refractivity contribution is 6.30. The molecule has 0 atom stereocenters. The number of likely N-dealkylation sites (N-methyl/N-ethyl adjacent to an activating group) is 1. The van der Waals surface area contributed by atoms with E-state index in [1.807, 2.05) is 6.07 Å². The average molecular weight is 312 g/mol. The van der Waals surface area contributed by atoms with Crippen LogP contribution in [-0.2, 0) is 6.54 Å². The molecular weight excluding hydrogens is 282 g/mol. The zero-order valence-electron chi connectivity index (χ0n) is 14.1. The fourth-order valence-electron chi connectivity index (χ4n) is 2.34. The van der Waals surface area contributed by atoms with Crippen molar-refractivity contribution in [2.45, 2.75) is 27.3 Å². The molecule has 0 aliphatic rings. The van der Waals surface area contributed by atoms with Crippen molar-refractivity contribution in [2.75, 3.05) is 45.2 Å². The number of hydrogen-bond acceptors (Lipinski definition) is 3. The van der Waals surface area contributed by atoms with E-state index < -0.39 is 0 Å². The van der Waals surface area contributed by atoms with E-state index in [1.165, 1.54) is 11.3 Å². The SMILES string of the molecule is CCNCc1cc(Cl)ccc1N(CCN(C)C)CC(C)C. The predicted octanol–water partition coefficient (Wildman–Crippen LogP) is 3.47. The summed E-state index contributed by atoms with van der Waals surface area (Å²) in [5.74, 6) is 0.634. The molecule has 3 nitrogen and oxygen atoms in total. The lowest BCUT2D eigenvalue weighted by Crippen LogP contribution is -2.35. The van der Waals surface area contributed by atoms with Crippen molar-refractivity contribution in [3.63, 3.8) is 0 Å². The van der Waals surface area contributed by atoms with Crippen molar-refractivity contribution in [1.82, 2.24) is 10.2 Å². The molecule has 1 rings (SSSR count). The van der Waals surface area contributed by atoms with Crippen LogP contribution < -0.4 is 10.2 Å². The minimum atomic E-state index is 0.634. The zero-order valence-corrected chi connectivity index (χ0v) is 14.9. The first-order valence-electron chi connectivity index (χ1n) is 7.82. The fourth-order valence-corrected chi connectivity index (χ4v) is 2.53. The molecule has 0 aromatic heterocycles. The van der Waals surface area contributed by atoms with Crippen LogP contribution in [-0.4, -0.2) is 45.2 Å². The summed E-state index contributed by atoms with van der Waals surface area (Å²) in [6, 6.07) is 6.24. The normalized spacial score (nSPS) is 11.4. The van der Waals surface area contributed by atoms with Crippen LogP contribution in [0, 0.1) is 5.92 Å². The number of anilines is 1. The summed E-state index contributed by atoms with van der Waals surface area (Å²) in [4.78, 5) is 4.71. The highest BCUT2D eigenvalue weighted by Crippen LogP contribution is 2.25.